The number of alkyl halides is 3. The molecule has 0 aliphatic carbocycles. The van der Waals surface area contributed by atoms with Crippen molar-refractivity contribution in [3.8, 4) is 5.75 Å². The molecule has 1 aromatic carbocycles. The maximum Gasteiger partial charge on any atom is 0.573 e. The molecular formula is C15H20F3N3O3. The molecule has 0 radical (unpaired) electrons. The van der Waals surface area contributed by atoms with Crippen LogP contribution in [0.1, 0.15) is 26.3 Å². The Bertz CT molecular complexity index is 578. The van der Waals surface area contributed by atoms with Crippen molar-refractivity contribution < 1.29 is 27.4 Å². The van der Waals surface area contributed by atoms with Crippen LogP contribution in [0.3, 0.4) is 0 Å². The molecule has 0 unspecified atom stereocenters. The van der Waals surface area contributed by atoms with Gasteiger partial charge in [0.25, 0.3) is 0 Å². The van der Waals surface area contributed by atoms with Gasteiger partial charge in [-0.15, -0.1) is 13.2 Å². The van der Waals surface area contributed by atoms with Crippen molar-refractivity contribution >= 4 is 11.9 Å². The number of nitrogens with two attached hydrogens (primary N) is 1. The molecule has 6 nitrogen and oxygen atoms in total. The van der Waals surface area contributed by atoms with Crippen molar-refractivity contribution in [2.75, 3.05) is 6.54 Å². The van der Waals surface area contributed by atoms with E-state index in [4.69, 9.17) is 10.5 Å². The van der Waals surface area contributed by atoms with E-state index in [9.17, 15) is 18.0 Å². The number of aliphatic imine (C=N–C) groups is 1. The first-order valence-corrected chi connectivity index (χ1v) is 7.05. The second-order valence-corrected chi connectivity index (χ2v) is 5.83. The molecule has 0 spiro atoms. The molecule has 0 fully saturated rings. The van der Waals surface area contributed by atoms with E-state index in [1.807, 2.05) is 0 Å². The van der Waals surface area contributed by atoms with Crippen LogP contribution in [0.25, 0.3) is 0 Å². The molecule has 0 bridgehead atoms. The van der Waals surface area contributed by atoms with Crippen LogP contribution in [0.4, 0.5) is 13.2 Å². The fraction of sp³-hybridized carbons (Fsp3) is 0.467. The van der Waals surface area contributed by atoms with Gasteiger partial charge in [0.2, 0.25) is 0 Å². The number of rotatable bonds is 5. The fourth-order valence-electron chi connectivity index (χ4n) is 1.57. The summed E-state index contributed by atoms with van der Waals surface area (Å²) in [6.45, 7) is 5.24. The van der Waals surface area contributed by atoms with E-state index in [0.717, 1.165) is 0 Å². The molecule has 0 heterocycles. The predicted octanol–water partition coefficient (Wildman–Crippen LogP) is 2.33. The lowest BCUT2D eigenvalue weighted by molar-refractivity contribution is -0.274. The van der Waals surface area contributed by atoms with Crippen molar-refractivity contribution in [1.29, 1.82) is 0 Å². The quantitative estimate of drug-likeness (QED) is 0.485. The number of carbonyl (C=O) groups is 1. The number of halogens is 3. The number of nitrogens with zero attached hydrogens (tertiary/aromatic N) is 1. The van der Waals surface area contributed by atoms with E-state index >= 15 is 0 Å². The van der Waals surface area contributed by atoms with E-state index in [0.29, 0.717) is 5.56 Å². The smallest absolute Gasteiger partial charge is 0.459 e. The van der Waals surface area contributed by atoms with Gasteiger partial charge in [-0.05, 0) is 38.5 Å². The highest BCUT2D eigenvalue weighted by Gasteiger charge is 2.30. The van der Waals surface area contributed by atoms with Gasteiger partial charge in [-0.2, -0.15) is 0 Å². The third kappa shape index (κ3) is 8.86. The summed E-state index contributed by atoms with van der Waals surface area (Å²) in [5.41, 5.74) is 5.64. The molecule has 0 amide bonds. The summed E-state index contributed by atoms with van der Waals surface area (Å²) in [5, 5.41) is 2.60. The van der Waals surface area contributed by atoms with Crippen molar-refractivity contribution in [3.63, 3.8) is 0 Å². The number of guanidine groups is 1. The van der Waals surface area contributed by atoms with Crippen molar-refractivity contribution in [3.05, 3.63) is 29.8 Å². The number of nitrogens with one attached hydrogen (secondary N) is 1. The minimum atomic E-state index is -4.73. The molecular weight excluding hydrogens is 327 g/mol. The standard InChI is InChI=1S/C15H20F3N3O3/c1-14(2,3)24-12(22)9-21-13(19)20-8-10-4-6-11(7-5-10)23-15(16,17)18/h4-7H,8-9H2,1-3H3,(H3,19,20,21). The Kier molecular flexibility index (Phi) is 6.44. The number of carbonyl (C=O) groups excluding carboxylic acids is 1. The minimum Gasteiger partial charge on any atom is -0.459 e. The maximum absolute atomic E-state index is 12.0. The van der Waals surface area contributed by atoms with Gasteiger partial charge in [-0.1, -0.05) is 12.1 Å². The summed E-state index contributed by atoms with van der Waals surface area (Å²) in [6.07, 6.45) is -4.73. The highest BCUT2D eigenvalue weighted by Crippen LogP contribution is 2.22. The molecule has 0 aliphatic rings. The van der Waals surface area contributed by atoms with Crippen LogP contribution in [0.15, 0.2) is 29.3 Å². The number of hydrogen-bond donors (Lipinski definition) is 2. The third-order valence-electron chi connectivity index (χ3n) is 2.42. The SMILES string of the molecule is CC(C)(C)OC(=O)CNC(N)=NCc1ccc(OC(F)(F)F)cc1. The lowest BCUT2D eigenvalue weighted by Crippen LogP contribution is -2.38. The topological polar surface area (TPSA) is 85.9 Å². The highest BCUT2D eigenvalue weighted by molar-refractivity contribution is 5.83. The second-order valence-electron chi connectivity index (χ2n) is 5.83. The van der Waals surface area contributed by atoms with Crippen LogP contribution in [0.2, 0.25) is 0 Å². The molecule has 1 rings (SSSR count). The van der Waals surface area contributed by atoms with Crippen molar-refractivity contribution in [2.24, 2.45) is 10.7 Å². The first-order chi connectivity index (χ1) is 10.9. The van der Waals surface area contributed by atoms with Gasteiger partial charge >= 0.3 is 12.3 Å². The minimum absolute atomic E-state index is 0.0245. The van der Waals surface area contributed by atoms with Gasteiger partial charge in [-0.25, -0.2) is 4.99 Å². The summed E-state index contributed by atoms with van der Waals surface area (Å²) in [6, 6.07) is 5.24. The van der Waals surface area contributed by atoms with Crippen LogP contribution in [0, 0.1) is 0 Å². The maximum atomic E-state index is 12.0. The molecule has 0 aromatic heterocycles. The largest absolute Gasteiger partial charge is 0.573 e. The lowest BCUT2D eigenvalue weighted by atomic mass is 10.2. The monoisotopic (exact) mass is 347 g/mol. The zero-order chi connectivity index (χ0) is 18.4. The number of benzene rings is 1. The first-order valence-electron chi connectivity index (χ1n) is 7.05. The lowest BCUT2D eigenvalue weighted by Gasteiger charge is -2.19. The summed E-state index contributed by atoms with van der Waals surface area (Å²) in [7, 11) is 0. The number of ether oxygens (including phenoxy) is 2. The van der Waals surface area contributed by atoms with E-state index in [1.54, 1.807) is 20.8 Å². The third-order valence-corrected chi connectivity index (χ3v) is 2.42. The summed E-state index contributed by atoms with van der Waals surface area (Å²) in [4.78, 5) is 15.5. The Labute approximate surface area is 137 Å². The van der Waals surface area contributed by atoms with Crippen molar-refractivity contribution in [2.45, 2.75) is 39.3 Å². The van der Waals surface area contributed by atoms with Gasteiger partial charge in [0.05, 0.1) is 6.54 Å². The Balaban J connectivity index is 2.46. The average molecular weight is 347 g/mol. The summed E-state index contributed by atoms with van der Waals surface area (Å²) < 4.78 is 45.0. The Hall–Kier alpha value is -2.45. The molecule has 0 saturated carbocycles. The molecule has 0 aliphatic heterocycles. The zero-order valence-corrected chi connectivity index (χ0v) is 13.6. The van der Waals surface area contributed by atoms with Gasteiger partial charge in [0.15, 0.2) is 5.96 Å². The van der Waals surface area contributed by atoms with Gasteiger partial charge < -0.3 is 20.5 Å². The zero-order valence-electron chi connectivity index (χ0n) is 13.6. The first kappa shape index (κ1) is 19.6. The molecule has 24 heavy (non-hydrogen) atoms. The summed E-state index contributed by atoms with van der Waals surface area (Å²) >= 11 is 0. The molecule has 0 atom stereocenters. The highest BCUT2D eigenvalue weighted by atomic mass is 19.4. The van der Waals surface area contributed by atoms with Gasteiger partial charge in [0.1, 0.15) is 17.9 Å². The Morgan fingerprint density at radius 3 is 2.29 bits per heavy atom. The number of esters is 1. The average Bonchev–Trinajstić information content (AvgIpc) is 2.41. The van der Waals surface area contributed by atoms with Crippen LogP contribution in [-0.2, 0) is 16.1 Å². The Morgan fingerprint density at radius 2 is 1.79 bits per heavy atom. The fourth-order valence-corrected chi connectivity index (χ4v) is 1.57. The van der Waals surface area contributed by atoms with E-state index in [1.165, 1.54) is 24.3 Å². The predicted molar refractivity (Wildman–Crippen MR) is 82.3 cm³/mol. The second kappa shape index (κ2) is 7.89. The Morgan fingerprint density at radius 1 is 1.21 bits per heavy atom. The van der Waals surface area contributed by atoms with Crippen molar-refractivity contribution in [1.82, 2.24) is 5.32 Å². The van der Waals surface area contributed by atoms with Crippen LogP contribution >= 0.6 is 0 Å². The van der Waals surface area contributed by atoms with Gasteiger partial charge in [-0.3, -0.25) is 4.79 Å². The number of hydrogen-bond acceptors (Lipinski definition) is 4. The molecule has 9 heteroatoms. The van der Waals surface area contributed by atoms with Gasteiger partial charge in [0, 0.05) is 0 Å². The van der Waals surface area contributed by atoms with Crippen LogP contribution < -0.4 is 15.8 Å². The molecule has 0 saturated heterocycles. The van der Waals surface area contributed by atoms with E-state index in [-0.39, 0.29) is 24.8 Å². The van der Waals surface area contributed by atoms with Crippen LogP contribution in [-0.4, -0.2) is 30.4 Å². The van der Waals surface area contributed by atoms with E-state index < -0.39 is 17.9 Å². The normalized spacial score (nSPS) is 12.7. The molecule has 134 valence electrons. The summed E-state index contributed by atoms with van der Waals surface area (Å²) in [5.74, 6) is -0.767. The molecule has 3 N–H and O–H groups in total. The van der Waals surface area contributed by atoms with E-state index in [2.05, 4.69) is 15.0 Å². The van der Waals surface area contributed by atoms with Crippen LogP contribution in [0.5, 0.6) is 5.75 Å². The molecule has 1 aromatic rings.